The molecule has 1 aromatic heterocycles. The number of nitrogens with zero attached hydrogens (tertiary/aromatic N) is 3. The van der Waals surface area contributed by atoms with Crippen molar-refractivity contribution in [2.24, 2.45) is 7.05 Å². The molecule has 2 aromatic rings. The van der Waals surface area contributed by atoms with Gasteiger partial charge in [0, 0.05) is 26.2 Å². The van der Waals surface area contributed by atoms with Crippen molar-refractivity contribution >= 4 is 27.8 Å². The van der Waals surface area contributed by atoms with Crippen LogP contribution in [0.15, 0.2) is 53.7 Å². The maximum Gasteiger partial charge on any atom is 0.323 e. The van der Waals surface area contributed by atoms with Crippen molar-refractivity contribution in [3.05, 3.63) is 59.2 Å². The molecular weight excluding hydrogens is 344 g/mol. The average Bonchev–Trinajstić information content (AvgIpc) is 2.82. The zero-order valence-electron chi connectivity index (χ0n) is 12.5. The molecule has 0 saturated heterocycles. The van der Waals surface area contributed by atoms with E-state index in [9.17, 15) is 4.79 Å². The highest BCUT2D eigenvalue weighted by Gasteiger charge is 2.14. The van der Waals surface area contributed by atoms with Crippen LogP contribution < -0.4 is 5.32 Å². The van der Waals surface area contributed by atoms with E-state index in [0.29, 0.717) is 18.9 Å². The number of carbonyl (C=O) groups is 1. The van der Waals surface area contributed by atoms with E-state index in [1.54, 1.807) is 28.8 Å². The van der Waals surface area contributed by atoms with Crippen molar-refractivity contribution in [2.45, 2.75) is 6.42 Å². The first-order valence-electron chi connectivity index (χ1n) is 7.00. The van der Waals surface area contributed by atoms with E-state index in [2.05, 4.69) is 45.1 Å². The highest BCUT2D eigenvalue weighted by molar-refractivity contribution is 9.10. The summed E-state index contributed by atoms with van der Waals surface area (Å²) in [6.07, 6.45) is 2.52. The number of halogens is 1. The normalized spacial score (nSPS) is 10.3. The van der Waals surface area contributed by atoms with E-state index in [4.69, 9.17) is 0 Å². The molecule has 0 aliphatic carbocycles. The van der Waals surface area contributed by atoms with Gasteiger partial charge in [-0.05, 0) is 27.9 Å². The number of nitrogens with one attached hydrogen (secondary N) is 1. The van der Waals surface area contributed by atoms with Gasteiger partial charge in [0.1, 0.15) is 4.60 Å². The van der Waals surface area contributed by atoms with Crippen LogP contribution in [0.2, 0.25) is 0 Å². The Labute approximate surface area is 138 Å². The molecule has 6 heteroatoms. The van der Waals surface area contributed by atoms with Crippen LogP contribution in [0.25, 0.3) is 0 Å². The first-order chi connectivity index (χ1) is 10.6. The van der Waals surface area contributed by atoms with Crippen LogP contribution in [0.3, 0.4) is 0 Å². The number of rotatable bonds is 6. The molecule has 1 heterocycles. The summed E-state index contributed by atoms with van der Waals surface area (Å²) in [5.74, 6) is 0.521. The number of anilines is 1. The van der Waals surface area contributed by atoms with Gasteiger partial charge in [-0.1, -0.05) is 36.4 Å². The Balaban J connectivity index is 1.97. The molecule has 0 fully saturated rings. The van der Waals surface area contributed by atoms with E-state index < -0.39 is 0 Å². The Hall–Kier alpha value is -2.08. The summed E-state index contributed by atoms with van der Waals surface area (Å²) in [5, 5.41) is 7.00. The minimum absolute atomic E-state index is 0.179. The van der Waals surface area contributed by atoms with Crippen molar-refractivity contribution in [1.82, 2.24) is 14.7 Å². The molecule has 0 aliphatic heterocycles. The SMILES string of the molecule is C=CCN(CCc1ccccc1)C(=O)Nc1cc(Br)n(C)n1. The van der Waals surface area contributed by atoms with Crippen LogP contribution in [-0.4, -0.2) is 33.8 Å². The fourth-order valence-electron chi connectivity index (χ4n) is 2.03. The zero-order valence-corrected chi connectivity index (χ0v) is 14.1. The summed E-state index contributed by atoms with van der Waals surface area (Å²) >= 11 is 3.35. The zero-order chi connectivity index (χ0) is 15.9. The van der Waals surface area contributed by atoms with Crippen molar-refractivity contribution in [3.63, 3.8) is 0 Å². The molecule has 22 heavy (non-hydrogen) atoms. The summed E-state index contributed by atoms with van der Waals surface area (Å²) in [6, 6.07) is 11.7. The van der Waals surface area contributed by atoms with E-state index >= 15 is 0 Å². The second-order valence-electron chi connectivity index (χ2n) is 4.88. The van der Waals surface area contributed by atoms with E-state index in [1.165, 1.54) is 5.56 Å². The first kappa shape index (κ1) is 16.3. The van der Waals surface area contributed by atoms with E-state index in [0.717, 1.165) is 11.0 Å². The monoisotopic (exact) mass is 362 g/mol. The number of amides is 2. The third-order valence-corrected chi connectivity index (χ3v) is 3.95. The minimum Gasteiger partial charge on any atom is -0.320 e. The third kappa shape index (κ3) is 4.46. The van der Waals surface area contributed by atoms with Gasteiger partial charge in [0.05, 0.1) is 0 Å². The van der Waals surface area contributed by atoms with Gasteiger partial charge in [0.2, 0.25) is 0 Å². The Morgan fingerprint density at radius 1 is 1.45 bits per heavy atom. The highest BCUT2D eigenvalue weighted by Crippen LogP contribution is 2.14. The number of hydrogen-bond donors (Lipinski definition) is 1. The van der Waals surface area contributed by atoms with Crippen LogP contribution in [0.1, 0.15) is 5.56 Å². The Kier molecular flexibility index (Phi) is 5.77. The fraction of sp³-hybridized carbons (Fsp3) is 0.250. The van der Waals surface area contributed by atoms with Gasteiger partial charge >= 0.3 is 6.03 Å². The number of benzene rings is 1. The molecule has 116 valence electrons. The number of carbonyl (C=O) groups excluding carboxylic acids is 1. The van der Waals surface area contributed by atoms with Gasteiger partial charge in [-0.15, -0.1) is 6.58 Å². The van der Waals surface area contributed by atoms with Crippen LogP contribution >= 0.6 is 15.9 Å². The first-order valence-corrected chi connectivity index (χ1v) is 7.79. The van der Waals surface area contributed by atoms with Gasteiger partial charge < -0.3 is 4.90 Å². The molecule has 0 bridgehead atoms. The Morgan fingerprint density at radius 2 is 2.18 bits per heavy atom. The number of urea groups is 1. The molecule has 1 N–H and O–H groups in total. The van der Waals surface area contributed by atoms with Crippen molar-refractivity contribution in [2.75, 3.05) is 18.4 Å². The molecule has 0 unspecified atom stereocenters. The lowest BCUT2D eigenvalue weighted by Gasteiger charge is -2.21. The second-order valence-corrected chi connectivity index (χ2v) is 5.69. The molecule has 1 aromatic carbocycles. The molecule has 0 spiro atoms. The summed E-state index contributed by atoms with van der Waals surface area (Å²) in [6.45, 7) is 4.83. The van der Waals surface area contributed by atoms with Gasteiger partial charge in [0.25, 0.3) is 0 Å². The summed E-state index contributed by atoms with van der Waals surface area (Å²) in [4.78, 5) is 14.1. The standard InChI is InChI=1S/C16H19BrN4O/c1-3-10-21(11-9-13-7-5-4-6-8-13)16(22)18-15-12-14(17)20(2)19-15/h3-8,12H,1,9-11H2,2H3,(H,18,19,22). The second kappa shape index (κ2) is 7.79. The molecule has 0 radical (unpaired) electrons. The van der Waals surface area contributed by atoms with E-state index in [1.807, 2.05) is 18.2 Å². The molecule has 0 atom stereocenters. The topological polar surface area (TPSA) is 50.2 Å². The third-order valence-electron chi connectivity index (χ3n) is 3.21. The molecule has 2 rings (SSSR count). The van der Waals surface area contributed by atoms with Gasteiger partial charge in [-0.3, -0.25) is 10.00 Å². The Bertz CT molecular complexity index is 619. The van der Waals surface area contributed by atoms with Crippen molar-refractivity contribution < 1.29 is 4.79 Å². The summed E-state index contributed by atoms with van der Waals surface area (Å²) < 4.78 is 2.46. The molecular formula is C16H19BrN4O. The number of aryl methyl sites for hydroxylation is 1. The molecule has 2 amide bonds. The minimum atomic E-state index is -0.179. The quantitative estimate of drug-likeness (QED) is 0.800. The fourth-order valence-corrected chi connectivity index (χ4v) is 2.33. The number of hydrogen-bond acceptors (Lipinski definition) is 2. The van der Waals surface area contributed by atoms with Crippen LogP contribution in [0, 0.1) is 0 Å². The lowest BCUT2D eigenvalue weighted by atomic mass is 10.1. The molecule has 5 nitrogen and oxygen atoms in total. The number of aromatic nitrogens is 2. The highest BCUT2D eigenvalue weighted by atomic mass is 79.9. The summed E-state index contributed by atoms with van der Waals surface area (Å²) in [5.41, 5.74) is 1.20. The van der Waals surface area contributed by atoms with E-state index in [-0.39, 0.29) is 6.03 Å². The van der Waals surface area contributed by atoms with Crippen LogP contribution in [-0.2, 0) is 13.5 Å². The van der Waals surface area contributed by atoms with Gasteiger partial charge in [-0.2, -0.15) is 5.10 Å². The van der Waals surface area contributed by atoms with Crippen molar-refractivity contribution in [1.29, 1.82) is 0 Å². The predicted molar refractivity (Wildman–Crippen MR) is 91.8 cm³/mol. The Morgan fingerprint density at radius 3 is 2.77 bits per heavy atom. The lowest BCUT2D eigenvalue weighted by Crippen LogP contribution is -2.36. The molecule has 0 saturated carbocycles. The van der Waals surface area contributed by atoms with Gasteiger partial charge in [-0.25, -0.2) is 4.79 Å². The molecule has 0 aliphatic rings. The van der Waals surface area contributed by atoms with Crippen molar-refractivity contribution in [3.8, 4) is 0 Å². The smallest absolute Gasteiger partial charge is 0.320 e. The van der Waals surface area contributed by atoms with Gasteiger partial charge in [0.15, 0.2) is 5.82 Å². The maximum atomic E-state index is 12.3. The average molecular weight is 363 g/mol. The predicted octanol–water partition coefficient (Wildman–Crippen LogP) is 3.45. The van der Waals surface area contributed by atoms with Crippen LogP contribution in [0.4, 0.5) is 10.6 Å². The lowest BCUT2D eigenvalue weighted by molar-refractivity contribution is 0.217. The summed E-state index contributed by atoms with van der Waals surface area (Å²) in [7, 11) is 1.80. The maximum absolute atomic E-state index is 12.3. The largest absolute Gasteiger partial charge is 0.323 e. The van der Waals surface area contributed by atoms with Crippen LogP contribution in [0.5, 0.6) is 0 Å².